The molecular formula is C15H11IN2O2S. The lowest BCUT2D eigenvalue weighted by atomic mass is 10.2. The molecule has 0 fully saturated rings. The Morgan fingerprint density at radius 3 is 2.76 bits per heavy atom. The molecular weight excluding hydrogens is 399 g/mol. The van der Waals surface area contributed by atoms with Crippen molar-refractivity contribution in [3.8, 4) is 11.2 Å². The van der Waals surface area contributed by atoms with Crippen LogP contribution in [0.1, 0.15) is 10.4 Å². The van der Waals surface area contributed by atoms with Gasteiger partial charge in [0.1, 0.15) is 11.2 Å². The first-order chi connectivity index (χ1) is 10.2. The first-order valence-electron chi connectivity index (χ1n) is 5.95. The largest absolute Gasteiger partial charge is 0.495 e. The van der Waals surface area contributed by atoms with Gasteiger partial charge in [0.25, 0.3) is 5.91 Å². The zero-order chi connectivity index (χ0) is 15.2. The average Bonchev–Trinajstić information content (AvgIpc) is 2.49. The predicted octanol–water partition coefficient (Wildman–Crippen LogP) is 4.13. The van der Waals surface area contributed by atoms with Gasteiger partial charge in [0, 0.05) is 8.47 Å². The first kappa shape index (κ1) is 15.7. The average molecular weight is 410 g/mol. The highest BCUT2D eigenvalue weighted by molar-refractivity contribution is 14.1. The maximum absolute atomic E-state index is 12.3. The van der Waals surface area contributed by atoms with Gasteiger partial charge >= 0.3 is 0 Å². The standard InChI is InChI=1S/C15H11IN2O2S/c1-20-14-8-10(21-9-17)6-7-13(14)18-15(19)11-4-2-3-5-12(11)16/h2-8H,1H3,(H,18,19). The number of carbonyl (C=O) groups is 1. The van der Waals surface area contributed by atoms with E-state index in [4.69, 9.17) is 10.00 Å². The van der Waals surface area contributed by atoms with Crippen molar-refractivity contribution in [2.75, 3.05) is 12.4 Å². The van der Waals surface area contributed by atoms with E-state index in [0.717, 1.165) is 20.2 Å². The smallest absolute Gasteiger partial charge is 0.256 e. The third-order valence-electron chi connectivity index (χ3n) is 2.70. The minimum atomic E-state index is -0.195. The molecule has 1 N–H and O–H groups in total. The molecule has 0 heterocycles. The lowest BCUT2D eigenvalue weighted by Crippen LogP contribution is -2.14. The van der Waals surface area contributed by atoms with E-state index in [1.807, 2.05) is 23.6 Å². The van der Waals surface area contributed by atoms with Crippen molar-refractivity contribution in [3.63, 3.8) is 0 Å². The van der Waals surface area contributed by atoms with Crippen LogP contribution in [-0.2, 0) is 0 Å². The van der Waals surface area contributed by atoms with E-state index >= 15 is 0 Å². The molecule has 21 heavy (non-hydrogen) atoms. The molecule has 0 saturated carbocycles. The Balaban J connectivity index is 2.25. The SMILES string of the molecule is COc1cc(SC#N)ccc1NC(=O)c1ccccc1I. The van der Waals surface area contributed by atoms with E-state index in [2.05, 4.69) is 27.9 Å². The first-order valence-corrected chi connectivity index (χ1v) is 7.85. The third-order valence-corrected chi connectivity index (χ3v) is 4.22. The van der Waals surface area contributed by atoms with Crippen molar-refractivity contribution in [3.05, 3.63) is 51.6 Å². The molecule has 1 amide bonds. The topological polar surface area (TPSA) is 62.1 Å². The van der Waals surface area contributed by atoms with Crippen molar-refractivity contribution in [1.29, 1.82) is 5.26 Å². The fourth-order valence-electron chi connectivity index (χ4n) is 1.73. The van der Waals surface area contributed by atoms with Crippen molar-refractivity contribution in [2.24, 2.45) is 0 Å². The van der Waals surface area contributed by atoms with Crippen LogP contribution >= 0.6 is 34.4 Å². The van der Waals surface area contributed by atoms with Crippen LogP contribution in [0.25, 0.3) is 0 Å². The Morgan fingerprint density at radius 2 is 2.10 bits per heavy atom. The summed E-state index contributed by atoms with van der Waals surface area (Å²) in [5.41, 5.74) is 1.18. The number of carbonyl (C=O) groups excluding carboxylic acids is 1. The zero-order valence-electron chi connectivity index (χ0n) is 11.1. The summed E-state index contributed by atoms with van der Waals surface area (Å²) < 4.78 is 6.14. The molecule has 0 aliphatic heterocycles. The second-order valence-electron chi connectivity index (χ2n) is 3.99. The number of hydrogen-bond donors (Lipinski definition) is 1. The highest BCUT2D eigenvalue weighted by Crippen LogP contribution is 2.30. The van der Waals surface area contributed by atoms with E-state index < -0.39 is 0 Å². The molecule has 0 radical (unpaired) electrons. The number of amides is 1. The van der Waals surface area contributed by atoms with Gasteiger partial charge in [-0.15, -0.1) is 0 Å². The number of halogens is 1. The molecule has 0 aliphatic carbocycles. The molecule has 106 valence electrons. The number of hydrogen-bond acceptors (Lipinski definition) is 4. The molecule has 0 aromatic heterocycles. The second kappa shape index (κ2) is 7.33. The maximum atomic E-state index is 12.3. The van der Waals surface area contributed by atoms with Crippen molar-refractivity contribution in [1.82, 2.24) is 0 Å². The minimum Gasteiger partial charge on any atom is -0.495 e. The van der Waals surface area contributed by atoms with Gasteiger partial charge in [0.05, 0.1) is 18.4 Å². The summed E-state index contributed by atoms with van der Waals surface area (Å²) in [5, 5.41) is 13.5. The number of thioether (sulfide) groups is 1. The van der Waals surface area contributed by atoms with Gasteiger partial charge in [0.15, 0.2) is 0 Å². The molecule has 0 bridgehead atoms. The Labute approximate surface area is 140 Å². The number of methoxy groups -OCH3 is 1. The Morgan fingerprint density at radius 1 is 1.33 bits per heavy atom. The highest BCUT2D eigenvalue weighted by atomic mass is 127. The minimum absolute atomic E-state index is 0.195. The van der Waals surface area contributed by atoms with E-state index in [1.165, 1.54) is 7.11 Å². The van der Waals surface area contributed by atoms with E-state index in [1.54, 1.807) is 24.3 Å². The number of anilines is 1. The summed E-state index contributed by atoms with van der Waals surface area (Å²) in [7, 11) is 1.53. The quantitative estimate of drug-likeness (QED) is 0.468. The molecule has 0 atom stereocenters. The third kappa shape index (κ3) is 3.89. The Bertz CT molecular complexity index is 713. The summed E-state index contributed by atoms with van der Waals surface area (Å²) in [6.07, 6.45) is 0. The van der Waals surface area contributed by atoms with Crippen molar-refractivity contribution >= 4 is 45.9 Å². The number of nitrogens with one attached hydrogen (secondary N) is 1. The monoisotopic (exact) mass is 410 g/mol. The normalized spacial score (nSPS) is 9.76. The van der Waals surface area contributed by atoms with Crippen LogP contribution in [0, 0.1) is 14.2 Å². The van der Waals surface area contributed by atoms with Crippen molar-refractivity contribution in [2.45, 2.75) is 4.90 Å². The summed E-state index contributed by atoms with van der Waals surface area (Å²) >= 11 is 3.16. The van der Waals surface area contributed by atoms with Gasteiger partial charge in [-0.3, -0.25) is 4.79 Å². The summed E-state index contributed by atoms with van der Waals surface area (Å²) in [4.78, 5) is 13.1. The Kier molecular flexibility index (Phi) is 5.47. The summed E-state index contributed by atoms with van der Waals surface area (Å²) in [6.45, 7) is 0. The van der Waals surface area contributed by atoms with Crippen molar-refractivity contribution < 1.29 is 9.53 Å². The van der Waals surface area contributed by atoms with E-state index in [0.29, 0.717) is 17.0 Å². The van der Waals surface area contributed by atoms with Crippen LogP contribution in [0.4, 0.5) is 5.69 Å². The lowest BCUT2D eigenvalue weighted by molar-refractivity contribution is 0.102. The zero-order valence-corrected chi connectivity index (χ0v) is 14.1. The molecule has 4 nitrogen and oxygen atoms in total. The summed E-state index contributed by atoms with van der Waals surface area (Å²) in [5.74, 6) is 0.327. The van der Waals surface area contributed by atoms with E-state index in [9.17, 15) is 4.79 Å². The number of thiocyanates is 1. The Hall–Kier alpha value is -1.72. The van der Waals surface area contributed by atoms with Gasteiger partial charge in [-0.05, 0) is 64.7 Å². The molecule has 0 aliphatic rings. The van der Waals surface area contributed by atoms with Crippen LogP contribution < -0.4 is 10.1 Å². The number of ether oxygens (including phenoxy) is 1. The second-order valence-corrected chi connectivity index (χ2v) is 6.01. The van der Waals surface area contributed by atoms with Crippen LogP contribution in [-0.4, -0.2) is 13.0 Å². The fourth-order valence-corrected chi connectivity index (χ4v) is 2.77. The number of nitrogens with zero attached hydrogens (tertiary/aromatic N) is 1. The van der Waals surface area contributed by atoms with Gasteiger partial charge in [-0.25, -0.2) is 0 Å². The van der Waals surface area contributed by atoms with Crippen LogP contribution in [0.15, 0.2) is 47.4 Å². The molecule has 2 aromatic rings. The molecule has 2 aromatic carbocycles. The number of benzene rings is 2. The van der Waals surface area contributed by atoms with Crippen LogP contribution in [0.2, 0.25) is 0 Å². The van der Waals surface area contributed by atoms with Crippen LogP contribution in [0.5, 0.6) is 5.75 Å². The van der Waals surface area contributed by atoms with E-state index in [-0.39, 0.29) is 5.91 Å². The number of nitriles is 1. The van der Waals surface area contributed by atoms with Gasteiger partial charge in [0.2, 0.25) is 0 Å². The fraction of sp³-hybridized carbons (Fsp3) is 0.0667. The van der Waals surface area contributed by atoms with Crippen LogP contribution in [0.3, 0.4) is 0 Å². The molecule has 6 heteroatoms. The van der Waals surface area contributed by atoms with Gasteiger partial charge in [-0.2, -0.15) is 5.26 Å². The number of rotatable bonds is 4. The molecule has 0 saturated heterocycles. The molecule has 0 spiro atoms. The maximum Gasteiger partial charge on any atom is 0.256 e. The summed E-state index contributed by atoms with van der Waals surface area (Å²) in [6, 6.07) is 12.6. The highest BCUT2D eigenvalue weighted by Gasteiger charge is 2.12. The van der Waals surface area contributed by atoms with Gasteiger partial charge < -0.3 is 10.1 Å². The lowest BCUT2D eigenvalue weighted by Gasteiger charge is -2.11. The molecule has 2 rings (SSSR count). The molecule has 0 unspecified atom stereocenters. The van der Waals surface area contributed by atoms with Gasteiger partial charge in [-0.1, -0.05) is 12.1 Å². The predicted molar refractivity (Wildman–Crippen MR) is 91.6 cm³/mol.